The zero-order chi connectivity index (χ0) is 26.6. The van der Waals surface area contributed by atoms with Gasteiger partial charge in [-0.1, -0.05) is 24.3 Å². The molecule has 190 valence electrons. The number of nitrogens with one attached hydrogen (secondary N) is 1. The van der Waals surface area contributed by atoms with Crippen molar-refractivity contribution < 1.29 is 23.5 Å². The fraction of sp³-hybridized carbons (Fsp3) is 0.280. The molecule has 0 saturated carbocycles. The molecule has 1 heterocycles. The lowest BCUT2D eigenvalue weighted by Crippen LogP contribution is -2.49. The maximum Gasteiger partial charge on any atom is 0.273 e. The Morgan fingerprint density at radius 3 is 2.33 bits per heavy atom. The molecule has 0 fully saturated rings. The second-order valence-electron chi connectivity index (χ2n) is 8.91. The Kier molecular flexibility index (Phi) is 7.93. The molecule has 1 unspecified atom stereocenters. The molecule has 5 N–H and O–H groups in total. The van der Waals surface area contributed by atoms with Crippen molar-refractivity contribution in [3.63, 3.8) is 0 Å². The van der Waals surface area contributed by atoms with Crippen molar-refractivity contribution in [1.29, 1.82) is 0 Å². The van der Waals surface area contributed by atoms with Crippen molar-refractivity contribution in [3.05, 3.63) is 70.5 Å². The van der Waals surface area contributed by atoms with Crippen LogP contribution >= 0.6 is 11.5 Å². The zero-order valence-corrected chi connectivity index (χ0v) is 21.2. The first kappa shape index (κ1) is 26.6. The number of halogens is 1. The fourth-order valence-corrected chi connectivity index (χ4v) is 4.28. The van der Waals surface area contributed by atoms with Gasteiger partial charge in [-0.15, -0.1) is 0 Å². The van der Waals surface area contributed by atoms with Crippen molar-refractivity contribution in [2.24, 2.45) is 5.73 Å². The minimum atomic E-state index is -1.25. The summed E-state index contributed by atoms with van der Waals surface area (Å²) in [6.45, 7) is 7.48. The number of carbonyl (C=O) groups is 3. The van der Waals surface area contributed by atoms with Crippen LogP contribution in [-0.2, 0) is 4.79 Å². The van der Waals surface area contributed by atoms with Crippen molar-refractivity contribution in [2.75, 3.05) is 17.2 Å². The number of carbonyl (C=O) groups excluding carboxylic acids is 3. The molecule has 0 spiro atoms. The molecular formula is C25H28FN5O4S. The Labute approximate surface area is 212 Å². The van der Waals surface area contributed by atoms with E-state index in [0.29, 0.717) is 29.5 Å². The number of aromatic nitrogens is 1. The Hall–Kier alpha value is -3.99. The Bertz CT molecular complexity index is 1270. The lowest BCUT2D eigenvalue weighted by atomic mass is 10.00. The van der Waals surface area contributed by atoms with E-state index in [0.717, 1.165) is 0 Å². The molecule has 0 aliphatic carbocycles. The molecule has 0 bridgehead atoms. The third kappa shape index (κ3) is 5.80. The van der Waals surface area contributed by atoms with E-state index in [1.807, 2.05) is 0 Å². The molecule has 0 radical (unpaired) electrons. The number of hydrogen-bond donors (Lipinski definition) is 3. The molecule has 1 aromatic heterocycles. The molecule has 0 aliphatic heterocycles. The quantitative estimate of drug-likeness (QED) is 0.420. The molecule has 1 atom stereocenters. The first-order valence-electron chi connectivity index (χ1n) is 11.1. The van der Waals surface area contributed by atoms with Crippen molar-refractivity contribution in [2.45, 2.75) is 39.3 Å². The maximum atomic E-state index is 14.1. The molecule has 9 nitrogen and oxygen atoms in total. The van der Waals surface area contributed by atoms with E-state index in [2.05, 4.69) is 9.69 Å². The summed E-state index contributed by atoms with van der Waals surface area (Å²) in [7, 11) is 0. The van der Waals surface area contributed by atoms with Crippen LogP contribution in [0, 0.1) is 5.82 Å². The summed E-state index contributed by atoms with van der Waals surface area (Å²) >= 11 is 0.695. The highest BCUT2D eigenvalue weighted by atomic mass is 32.1. The zero-order valence-electron chi connectivity index (χ0n) is 20.4. The number of ether oxygens (including phenoxy) is 1. The van der Waals surface area contributed by atoms with Crippen molar-refractivity contribution in [3.8, 4) is 5.75 Å². The highest BCUT2D eigenvalue weighted by molar-refractivity contribution is 7.09. The van der Waals surface area contributed by atoms with E-state index >= 15 is 0 Å². The molecule has 3 rings (SSSR count). The predicted octanol–water partition coefficient (Wildman–Crippen LogP) is 3.66. The van der Waals surface area contributed by atoms with Crippen LogP contribution in [0.2, 0.25) is 0 Å². The van der Waals surface area contributed by atoms with Crippen LogP contribution in [0.3, 0.4) is 0 Å². The second-order valence-corrected chi connectivity index (χ2v) is 9.68. The minimum absolute atomic E-state index is 0.0780. The number of hydrogen-bond acceptors (Lipinski definition) is 7. The summed E-state index contributed by atoms with van der Waals surface area (Å²) in [6.07, 6.45) is 0. The number of nitrogens with two attached hydrogens (primary N) is 2. The third-order valence-electron chi connectivity index (χ3n) is 4.99. The summed E-state index contributed by atoms with van der Waals surface area (Å²) < 4.78 is 23.5. The molecule has 0 aliphatic rings. The molecule has 36 heavy (non-hydrogen) atoms. The first-order chi connectivity index (χ1) is 16.9. The van der Waals surface area contributed by atoms with Gasteiger partial charge in [-0.3, -0.25) is 19.3 Å². The van der Waals surface area contributed by atoms with Crippen molar-refractivity contribution >= 4 is 40.6 Å². The van der Waals surface area contributed by atoms with E-state index in [-0.39, 0.29) is 21.9 Å². The van der Waals surface area contributed by atoms with Gasteiger partial charge in [-0.25, -0.2) is 4.39 Å². The van der Waals surface area contributed by atoms with Crippen molar-refractivity contribution in [1.82, 2.24) is 9.69 Å². The van der Waals surface area contributed by atoms with E-state index < -0.39 is 35.1 Å². The lowest BCUT2D eigenvalue weighted by Gasteiger charge is -2.34. The van der Waals surface area contributed by atoms with Gasteiger partial charge in [0, 0.05) is 5.54 Å². The number of nitrogens with zero attached hydrogens (tertiary/aromatic N) is 2. The summed E-state index contributed by atoms with van der Waals surface area (Å²) in [5.41, 5.74) is 11.0. The van der Waals surface area contributed by atoms with Gasteiger partial charge in [-0.05, 0) is 69.1 Å². The number of benzene rings is 2. The number of nitrogen functional groups attached to an aromatic ring is 1. The average Bonchev–Trinajstić information content (AvgIpc) is 3.19. The van der Waals surface area contributed by atoms with Gasteiger partial charge >= 0.3 is 0 Å². The molecule has 2 aromatic carbocycles. The Morgan fingerprint density at radius 2 is 1.78 bits per heavy atom. The summed E-state index contributed by atoms with van der Waals surface area (Å²) in [5, 5.41) is 2.89. The first-order valence-corrected chi connectivity index (χ1v) is 11.9. The van der Waals surface area contributed by atoms with Crippen LogP contribution in [0.5, 0.6) is 5.75 Å². The smallest absolute Gasteiger partial charge is 0.273 e. The van der Waals surface area contributed by atoms with Crippen LogP contribution in [0.25, 0.3) is 0 Å². The minimum Gasteiger partial charge on any atom is -0.492 e. The Morgan fingerprint density at radius 1 is 1.14 bits per heavy atom. The third-order valence-corrected chi connectivity index (χ3v) is 5.84. The molecule has 3 aromatic rings. The molecule has 0 saturated heterocycles. The maximum absolute atomic E-state index is 14.1. The number of primary amides is 1. The van der Waals surface area contributed by atoms with E-state index in [9.17, 15) is 18.8 Å². The van der Waals surface area contributed by atoms with Crippen LogP contribution in [-0.4, -0.2) is 34.2 Å². The van der Waals surface area contributed by atoms with Gasteiger partial charge < -0.3 is 21.5 Å². The largest absolute Gasteiger partial charge is 0.492 e. The van der Waals surface area contributed by atoms with Gasteiger partial charge in [0.1, 0.15) is 22.5 Å². The molecule has 3 amide bonds. The monoisotopic (exact) mass is 513 g/mol. The highest BCUT2D eigenvalue weighted by Crippen LogP contribution is 2.38. The number of para-hydroxylation sites is 2. The van der Waals surface area contributed by atoms with E-state index in [1.54, 1.807) is 52.0 Å². The fourth-order valence-electron chi connectivity index (χ4n) is 3.54. The van der Waals surface area contributed by atoms with E-state index in [1.165, 1.54) is 29.2 Å². The van der Waals surface area contributed by atoms with Gasteiger partial charge in [0.05, 0.1) is 18.0 Å². The van der Waals surface area contributed by atoms with Gasteiger partial charge in [-0.2, -0.15) is 4.37 Å². The standard InChI is InChI=1S/C25H28FN5O4S/c1-5-35-17-9-7-6-8-16(17)31(24(34)21-18(27)19(22(28)32)30-36-21)20(23(33)29-25(2,3)4)14-10-12-15(26)13-11-14/h6-13,20H,5,27H2,1-4H3,(H2,28,32)(H,29,33). The highest BCUT2D eigenvalue weighted by Gasteiger charge is 2.38. The molecule has 11 heteroatoms. The van der Waals surface area contributed by atoms with Gasteiger partial charge in [0.25, 0.3) is 11.8 Å². The summed E-state index contributed by atoms with van der Waals surface area (Å²) in [4.78, 5) is 40.6. The SMILES string of the molecule is CCOc1ccccc1N(C(=O)c1snc(C(N)=O)c1N)C(C(=O)NC(C)(C)C)c1ccc(F)cc1. The summed E-state index contributed by atoms with van der Waals surface area (Å²) in [6, 6.07) is 10.7. The van der Waals surface area contributed by atoms with Crippen LogP contribution in [0.4, 0.5) is 15.8 Å². The normalized spacial score (nSPS) is 12.0. The number of amides is 3. The number of rotatable bonds is 8. The van der Waals surface area contributed by atoms with Gasteiger partial charge in [0.2, 0.25) is 5.91 Å². The van der Waals surface area contributed by atoms with Crippen LogP contribution in [0.15, 0.2) is 48.5 Å². The lowest BCUT2D eigenvalue weighted by molar-refractivity contribution is -0.123. The Balaban J connectivity index is 2.29. The topological polar surface area (TPSA) is 141 Å². The van der Waals surface area contributed by atoms with Crippen LogP contribution in [0.1, 0.15) is 59.5 Å². The van der Waals surface area contributed by atoms with Gasteiger partial charge in [0.15, 0.2) is 5.69 Å². The van der Waals surface area contributed by atoms with E-state index in [4.69, 9.17) is 16.2 Å². The predicted molar refractivity (Wildman–Crippen MR) is 137 cm³/mol. The summed E-state index contributed by atoms with van der Waals surface area (Å²) in [5.74, 6) is -2.28. The average molecular weight is 514 g/mol. The number of anilines is 2. The molecular weight excluding hydrogens is 485 g/mol. The second kappa shape index (κ2) is 10.7. The van der Waals surface area contributed by atoms with Crippen LogP contribution < -0.4 is 26.4 Å².